The van der Waals surface area contributed by atoms with Crippen LogP contribution in [0.1, 0.15) is 17.5 Å². The number of amides is 1. The number of hydrogen-bond donors (Lipinski definition) is 2. The molecule has 29 heavy (non-hydrogen) atoms. The number of benzene rings is 2. The first kappa shape index (κ1) is 18.8. The number of hydrogen-bond acceptors (Lipinski definition) is 3. The van der Waals surface area contributed by atoms with Crippen LogP contribution in [0.5, 0.6) is 0 Å². The third kappa shape index (κ3) is 3.74. The second-order valence-corrected chi connectivity index (χ2v) is 6.98. The summed E-state index contributed by atoms with van der Waals surface area (Å²) in [5.41, 5.74) is 5.98. The SMILES string of the molecule is CNC(=O)CCc1cccc2c(C)cc(-c3cn[nH]c3-c3cccc(F)c3)nc12. The first-order chi connectivity index (χ1) is 14.1. The summed E-state index contributed by atoms with van der Waals surface area (Å²) in [6.07, 6.45) is 2.72. The fourth-order valence-electron chi connectivity index (χ4n) is 3.53. The van der Waals surface area contributed by atoms with Crippen molar-refractivity contribution in [3.05, 3.63) is 71.7 Å². The van der Waals surface area contributed by atoms with Crippen molar-refractivity contribution in [3.63, 3.8) is 0 Å². The van der Waals surface area contributed by atoms with Crippen molar-refractivity contribution in [1.29, 1.82) is 0 Å². The van der Waals surface area contributed by atoms with Crippen LogP contribution in [0.4, 0.5) is 4.39 Å². The molecule has 0 bridgehead atoms. The molecule has 0 saturated heterocycles. The van der Waals surface area contributed by atoms with Crippen molar-refractivity contribution in [2.24, 2.45) is 0 Å². The number of para-hydroxylation sites is 1. The molecule has 0 radical (unpaired) electrons. The maximum absolute atomic E-state index is 13.7. The van der Waals surface area contributed by atoms with Gasteiger partial charge in [-0.05, 0) is 42.7 Å². The Balaban J connectivity index is 1.82. The predicted molar refractivity (Wildman–Crippen MR) is 112 cm³/mol. The molecule has 4 rings (SSSR count). The molecule has 1 amide bonds. The van der Waals surface area contributed by atoms with E-state index in [9.17, 15) is 9.18 Å². The number of nitrogens with one attached hydrogen (secondary N) is 2. The highest BCUT2D eigenvalue weighted by molar-refractivity contribution is 5.90. The molecule has 0 aliphatic heterocycles. The molecule has 2 N–H and O–H groups in total. The van der Waals surface area contributed by atoms with E-state index in [1.807, 2.05) is 37.3 Å². The lowest BCUT2D eigenvalue weighted by Crippen LogP contribution is -2.18. The Bertz CT molecular complexity index is 1200. The number of aromatic amines is 1. The van der Waals surface area contributed by atoms with Crippen LogP contribution in [0.3, 0.4) is 0 Å². The first-order valence-electron chi connectivity index (χ1n) is 9.46. The number of pyridine rings is 1. The van der Waals surface area contributed by atoms with E-state index in [1.165, 1.54) is 12.1 Å². The van der Waals surface area contributed by atoms with Gasteiger partial charge in [0.15, 0.2) is 0 Å². The van der Waals surface area contributed by atoms with Gasteiger partial charge in [-0.1, -0.05) is 30.3 Å². The molecule has 0 saturated carbocycles. The zero-order chi connectivity index (χ0) is 20.4. The molecule has 0 atom stereocenters. The zero-order valence-corrected chi connectivity index (χ0v) is 16.3. The van der Waals surface area contributed by atoms with Gasteiger partial charge in [0.05, 0.1) is 23.1 Å². The van der Waals surface area contributed by atoms with Crippen molar-refractivity contribution in [2.75, 3.05) is 7.05 Å². The number of halogens is 1. The Kier molecular flexibility index (Phi) is 5.08. The zero-order valence-electron chi connectivity index (χ0n) is 16.3. The van der Waals surface area contributed by atoms with E-state index in [-0.39, 0.29) is 11.7 Å². The van der Waals surface area contributed by atoms with Gasteiger partial charge in [0.1, 0.15) is 5.82 Å². The number of nitrogens with zero attached hydrogens (tertiary/aromatic N) is 2. The minimum absolute atomic E-state index is 0.00175. The average Bonchev–Trinajstić information content (AvgIpc) is 3.22. The van der Waals surface area contributed by atoms with Gasteiger partial charge in [0.2, 0.25) is 5.91 Å². The Morgan fingerprint density at radius 1 is 1.17 bits per heavy atom. The number of aromatic nitrogens is 3. The largest absolute Gasteiger partial charge is 0.359 e. The van der Waals surface area contributed by atoms with Crippen LogP contribution in [-0.2, 0) is 11.2 Å². The van der Waals surface area contributed by atoms with Gasteiger partial charge < -0.3 is 5.32 Å². The maximum atomic E-state index is 13.7. The van der Waals surface area contributed by atoms with E-state index in [2.05, 4.69) is 15.5 Å². The van der Waals surface area contributed by atoms with Gasteiger partial charge in [0, 0.05) is 30.0 Å². The highest BCUT2D eigenvalue weighted by Crippen LogP contribution is 2.32. The predicted octanol–water partition coefficient (Wildman–Crippen LogP) is 4.42. The van der Waals surface area contributed by atoms with Crippen LogP contribution in [0, 0.1) is 12.7 Å². The molecule has 2 heterocycles. The van der Waals surface area contributed by atoms with Gasteiger partial charge in [-0.25, -0.2) is 9.37 Å². The summed E-state index contributed by atoms with van der Waals surface area (Å²) in [5, 5.41) is 10.8. The summed E-state index contributed by atoms with van der Waals surface area (Å²) in [6.45, 7) is 2.04. The number of carbonyl (C=O) groups is 1. The molecule has 0 spiro atoms. The fourth-order valence-corrected chi connectivity index (χ4v) is 3.53. The molecule has 0 fully saturated rings. The molecule has 6 heteroatoms. The highest BCUT2D eigenvalue weighted by Gasteiger charge is 2.15. The van der Waals surface area contributed by atoms with E-state index >= 15 is 0 Å². The second-order valence-electron chi connectivity index (χ2n) is 6.98. The number of rotatable bonds is 5. The van der Waals surface area contributed by atoms with Gasteiger partial charge in [-0.3, -0.25) is 9.89 Å². The molecule has 2 aromatic carbocycles. The number of aryl methyl sites for hydroxylation is 2. The number of H-pyrrole nitrogens is 1. The van der Waals surface area contributed by atoms with Crippen LogP contribution in [0.15, 0.2) is 54.7 Å². The van der Waals surface area contributed by atoms with Crippen molar-refractivity contribution in [1.82, 2.24) is 20.5 Å². The maximum Gasteiger partial charge on any atom is 0.220 e. The number of carbonyl (C=O) groups excluding carboxylic acids is 1. The monoisotopic (exact) mass is 388 g/mol. The molecule has 0 unspecified atom stereocenters. The van der Waals surface area contributed by atoms with Crippen LogP contribution >= 0.6 is 0 Å². The third-order valence-corrected chi connectivity index (χ3v) is 5.06. The lowest BCUT2D eigenvalue weighted by Gasteiger charge is -2.11. The summed E-state index contributed by atoms with van der Waals surface area (Å²) in [5.74, 6) is -0.305. The van der Waals surface area contributed by atoms with Gasteiger partial charge in [0.25, 0.3) is 0 Å². The fraction of sp³-hybridized carbons (Fsp3) is 0.174. The highest BCUT2D eigenvalue weighted by atomic mass is 19.1. The molecule has 0 aliphatic carbocycles. The Morgan fingerprint density at radius 3 is 2.79 bits per heavy atom. The minimum Gasteiger partial charge on any atom is -0.359 e. The smallest absolute Gasteiger partial charge is 0.220 e. The quantitative estimate of drug-likeness (QED) is 0.532. The van der Waals surface area contributed by atoms with Crippen LogP contribution in [-0.4, -0.2) is 28.1 Å². The third-order valence-electron chi connectivity index (χ3n) is 5.06. The molecular weight excluding hydrogens is 367 g/mol. The molecule has 5 nitrogen and oxygen atoms in total. The first-order valence-corrected chi connectivity index (χ1v) is 9.46. The van der Waals surface area contributed by atoms with E-state index in [4.69, 9.17) is 4.98 Å². The molecule has 146 valence electrons. The van der Waals surface area contributed by atoms with Gasteiger partial charge in [-0.2, -0.15) is 5.10 Å². The average molecular weight is 388 g/mol. The molecular formula is C23H21FN4O. The van der Waals surface area contributed by atoms with E-state index in [1.54, 1.807) is 19.3 Å². The van der Waals surface area contributed by atoms with Crippen LogP contribution in [0.2, 0.25) is 0 Å². The molecule has 4 aromatic rings. The van der Waals surface area contributed by atoms with E-state index < -0.39 is 0 Å². The molecule has 0 aliphatic rings. The Labute approximate surface area is 168 Å². The van der Waals surface area contributed by atoms with Crippen molar-refractivity contribution >= 4 is 16.8 Å². The van der Waals surface area contributed by atoms with Crippen molar-refractivity contribution in [2.45, 2.75) is 19.8 Å². The summed E-state index contributed by atoms with van der Waals surface area (Å²) < 4.78 is 13.7. The Hall–Kier alpha value is -3.54. The molecule has 2 aromatic heterocycles. The Morgan fingerprint density at radius 2 is 2.00 bits per heavy atom. The van der Waals surface area contributed by atoms with Crippen molar-refractivity contribution in [3.8, 4) is 22.5 Å². The minimum atomic E-state index is -0.304. The lowest BCUT2D eigenvalue weighted by molar-refractivity contribution is -0.120. The standard InChI is InChI=1S/C23H21FN4O/c1-14-11-20(19-13-26-28-23(19)16-6-3-7-17(24)12-16)27-22-15(5-4-8-18(14)22)9-10-21(29)25-2/h3-8,11-13H,9-10H2,1-2H3,(H,25,29)(H,26,28). The lowest BCUT2D eigenvalue weighted by atomic mass is 9.99. The van der Waals surface area contributed by atoms with Crippen LogP contribution in [0.25, 0.3) is 33.4 Å². The topological polar surface area (TPSA) is 70.7 Å². The normalized spacial score (nSPS) is 11.0. The summed E-state index contributed by atoms with van der Waals surface area (Å²) >= 11 is 0. The summed E-state index contributed by atoms with van der Waals surface area (Å²) in [4.78, 5) is 16.6. The van der Waals surface area contributed by atoms with Crippen molar-refractivity contribution < 1.29 is 9.18 Å². The summed E-state index contributed by atoms with van der Waals surface area (Å²) in [7, 11) is 1.64. The van der Waals surface area contributed by atoms with E-state index in [0.717, 1.165) is 39.0 Å². The van der Waals surface area contributed by atoms with Gasteiger partial charge >= 0.3 is 0 Å². The van der Waals surface area contributed by atoms with Crippen LogP contribution < -0.4 is 5.32 Å². The van der Waals surface area contributed by atoms with E-state index in [0.29, 0.717) is 18.4 Å². The summed E-state index contributed by atoms with van der Waals surface area (Å²) in [6, 6.07) is 14.4. The van der Waals surface area contributed by atoms with Gasteiger partial charge in [-0.15, -0.1) is 0 Å². The number of fused-ring (bicyclic) bond motifs is 1. The second kappa shape index (κ2) is 7.83.